The minimum Gasteiger partial charge on any atom is -0.322 e. The molecule has 0 saturated carbocycles. The lowest BCUT2D eigenvalue weighted by molar-refractivity contribution is 0.128. The standard InChI is InChI=1S/C13H19N3OS/c1-10-11-3-9-18-12(11)2-6-16(10)13(17)15-7-4-14-5-8-15/h3,9-10,14H,2,4-8H2,1H3. The Hall–Kier alpha value is -1.07. The van der Waals surface area contributed by atoms with Crippen LogP contribution >= 0.6 is 11.3 Å². The maximum Gasteiger partial charge on any atom is 0.320 e. The molecule has 98 valence electrons. The van der Waals surface area contributed by atoms with Gasteiger partial charge in [-0.05, 0) is 30.4 Å². The van der Waals surface area contributed by atoms with Crippen LogP contribution in [0, 0.1) is 0 Å². The molecular weight excluding hydrogens is 246 g/mol. The number of amides is 2. The van der Waals surface area contributed by atoms with E-state index in [0.717, 1.165) is 39.1 Å². The van der Waals surface area contributed by atoms with Crippen LogP contribution in [0.4, 0.5) is 4.79 Å². The summed E-state index contributed by atoms with van der Waals surface area (Å²) in [5, 5.41) is 5.42. The Morgan fingerprint density at radius 2 is 2.17 bits per heavy atom. The Morgan fingerprint density at radius 3 is 2.94 bits per heavy atom. The van der Waals surface area contributed by atoms with E-state index in [9.17, 15) is 4.79 Å². The number of piperazine rings is 1. The summed E-state index contributed by atoms with van der Waals surface area (Å²) in [6.07, 6.45) is 1.01. The lowest BCUT2D eigenvalue weighted by Gasteiger charge is -2.38. The summed E-state index contributed by atoms with van der Waals surface area (Å²) in [5.41, 5.74) is 1.34. The fourth-order valence-electron chi connectivity index (χ4n) is 2.81. The number of carbonyl (C=O) groups is 1. The van der Waals surface area contributed by atoms with Gasteiger partial charge in [0, 0.05) is 37.6 Å². The molecule has 2 amide bonds. The van der Waals surface area contributed by atoms with Crippen LogP contribution in [0.25, 0.3) is 0 Å². The van der Waals surface area contributed by atoms with E-state index >= 15 is 0 Å². The molecule has 3 rings (SSSR count). The monoisotopic (exact) mass is 265 g/mol. The number of hydrogen-bond donors (Lipinski definition) is 1. The van der Waals surface area contributed by atoms with Gasteiger partial charge in [0.05, 0.1) is 6.04 Å². The zero-order valence-corrected chi connectivity index (χ0v) is 11.5. The number of nitrogens with one attached hydrogen (secondary N) is 1. The Morgan fingerprint density at radius 1 is 1.39 bits per heavy atom. The average molecular weight is 265 g/mol. The van der Waals surface area contributed by atoms with Crippen molar-refractivity contribution < 1.29 is 4.79 Å². The van der Waals surface area contributed by atoms with Gasteiger partial charge in [-0.2, -0.15) is 0 Å². The van der Waals surface area contributed by atoms with Crippen molar-refractivity contribution in [2.75, 3.05) is 32.7 Å². The largest absolute Gasteiger partial charge is 0.322 e. The lowest BCUT2D eigenvalue weighted by Crippen LogP contribution is -2.53. The number of urea groups is 1. The first-order chi connectivity index (χ1) is 8.77. The van der Waals surface area contributed by atoms with Gasteiger partial charge in [-0.3, -0.25) is 0 Å². The molecule has 3 heterocycles. The molecule has 0 radical (unpaired) electrons. The van der Waals surface area contributed by atoms with Crippen molar-refractivity contribution in [3.8, 4) is 0 Å². The molecule has 1 atom stereocenters. The Labute approximate surface area is 112 Å². The predicted molar refractivity (Wildman–Crippen MR) is 73.0 cm³/mol. The molecule has 4 nitrogen and oxygen atoms in total. The van der Waals surface area contributed by atoms with E-state index < -0.39 is 0 Å². The van der Waals surface area contributed by atoms with Crippen LogP contribution in [0.1, 0.15) is 23.4 Å². The van der Waals surface area contributed by atoms with Gasteiger partial charge in [-0.25, -0.2) is 4.79 Å². The molecular formula is C13H19N3OS. The lowest BCUT2D eigenvalue weighted by atomic mass is 10.0. The summed E-state index contributed by atoms with van der Waals surface area (Å²) in [7, 11) is 0. The fourth-order valence-corrected chi connectivity index (χ4v) is 3.77. The SMILES string of the molecule is CC1c2ccsc2CCN1C(=O)N1CCNCC1. The first-order valence-electron chi connectivity index (χ1n) is 6.60. The third-order valence-electron chi connectivity index (χ3n) is 3.91. The van der Waals surface area contributed by atoms with E-state index in [1.807, 2.05) is 21.1 Å². The third kappa shape index (κ3) is 2.01. The van der Waals surface area contributed by atoms with E-state index in [1.54, 1.807) is 0 Å². The van der Waals surface area contributed by atoms with Crippen LogP contribution in [-0.2, 0) is 6.42 Å². The van der Waals surface area contributed by atoms with E-state index in [0.29, 0.717) is 0 Å². The maximum absolute atomic E-state index is 12.5. The van der Waals surface area contributed by atoms with Gasteiger partial charge in [0.15, 0.2) is 0 Å². The van der Waals surface area contributed by atoms with Crippen LogP contribution in [0.15, 0.2) is 11.4 Å². The number of fused-ring (bicyclic) bond motifs is 1. The van der Waals surface area contributed by atoms with Gasteiger partial charge in [-0.15, -0.1) is 11.3 Å². The number of hydrogen-bond acceptors (Lipinski definition) is 3. The molecule has 0 aliphatic carbocycles. The van der Waals surface area contributed by atoms with Crippen LogP contribution in [-0.4, -0.2) is 48.6 Å². The molecule has 0 spiro atoms. The molecule has 18 heavy (non-hydrogen) atoms. The molecule has 1 N–H and O–H groups in total. The quantitative estimate of drug-likeness (QED) is 0.775. The third-order valence-corrected chi connectivity index (χ3v) is 4.91. The second-order valence-corrected chi connectivity index (χ2v) is 5.94. The fraction of sp³-hybridized carbons (Fsp3) is 0.615. The number of nitrogens with zero attached hydrogens (tertiary/aromatic N) is 2. The maximum atomic E-state index is 12.5. The van der Waals surface area contributed by atoms with Crippen molar-refractivity contribution in [2.45, 2.75) is 19.4 Å². The van der Waals surface area contributed by atoms with E-state index in [4.69, 9.17) is 0 Å². The molecule has 1 unspecified atom stereocenters. The average Bonchev–Trinajstić information content (AvgIpc) is 2.89. The topological polar surface area (TPSA) is 35.6 Å². The van der Waals surface area contributed by atoms with Gasteiger partial charge < -0.3 is 15.1 Å². The minimum atomic E-state index is 0.209. The normalized spacial score (nSPS) is 23.9. The first kappa shape index (κ1) is 12.0. The Bertz CT molecular complexity index is 439. The minimum absolute atomic E-state index is 0.209. The Kier molecular flexibility index (Phi) is 3.26. The molecule has 2 aliphatic heterocycles. The summed E-state index contributed by atoms with van der Waals surface area (Å²) in [5.74, 6) is 0. The van der Waals surface area contributed by atoms with E-state index in [-0.39, 0.29) is 12.1 Å². The van der Waals surface area contributed by atoms with Crippen molar-refractivity contribution in [1.82, 2.24) is 15.1 Å². The van der Waals surface area contributed by atoms with Gasteiger partial charge in [0.25, 0.3) is 0 Å². The van der Waals surface area contributed by atoms with Gasteiger partial charge in [0.1, 0.15) is 0 Å². The molecule has 1 aromatic heterocycles. The zero-order valence-electron chi connectivity index (χ0n) is 10.7. The predicted octanol–water partition coefficient (Wildman–Crippen LogP) is 1.69. The molecule has 1 aromatic rings. The van der Waals surface area contributed by atoms with Crippen LogP contribution in [0.5, 0.6) is 0 Å². The van der Waals surface area contributed by atoms with Gasteiger partial charge >= 0.3 is 6.03 Å². The van der Waals surface area contributed by atoms with Crippen LogP contribution in [0.3, 0.4) is 0 Å². The van der Waals surface area contributed by atoms with Crippen molar-refractivity contribution in [2.24, 2.45) is 0 Å². The smallest absolute Gasteiger partial charge is 0.320 e. The molecule has 0 aromatic carbocycles. The highest BCUT2D eigenvalue weighted by Crippen LogP contribution is 2.33. The van der Waals surface area contributed by atoms with Crippen molar-refractivity contribution in [3.05, 3.63) is 21.9 Å². The van der Waals surface area contributed by atoms with Crippen LogP contribution < -0.4 is 5.32 Å². The van der Waals surface area contributed by atoms with Crippen molar-refractivity contribution in [1.29, 1.82) is 0 Å². The molecule has 1 saturated heterocycles. The highest BCUT2D eigenvalue weighted by molar-refractivity contribution is 7.10. The highest BCUT2D eigenvalue weighted by Gasteiger charge is 2.31. The van der Waals surface area contributed by atoms with Crippen molar-refractivity contribution >= 4 is 17.4 Å². The molecule has 1 fully saturated rings. The zero-order chi connectivity index (χ0) is 12.5. The van der Waals surface area contributed by atoms with E-state index in [1.165, 1.54) is 10.4 Å². The second kappa shape index (κ2) is 4.90. The van der Waals surface area contributed by atoms with Crippen LogP contribution in [0.2, 0.25) is 0 Å². The van der Waals surface area contributed by atoms with Crippen molar-refractivity contribution in [3.63, 3.8) is 0 Å². The summed E-state index contributed by atoms with van der Waals surface area (Å²) >= 11 is 1.82. The summed E-state index contributed by atoms with van der Waals surface area (Å²) in [6, 6.07) is 2.60. The number of carbonyl (C=O) groups excluding carboxylic acids is 1. The summed E-state index contributed by atoms with van der Waals surface area (Å²) in [6.45, 7) is 6.49. The molecule has 0 bridgehead atoms. The van der Waals surface area contributed by atoms with Gasteiger partial charge in [-0.1, -0.05) is 0 Å². The number of thiophene rings is 1. The first-order valence-corrected chi connectivity index (χ1v) is 7.48. The number of rotatable bonds is 0. The van der Waals surface area contributed by atoms with Gasteiger partial charge in [0.2, 0.25) is 0 Å². The highest BCUT2D eigenvalue weighted by atomic mass is 32.1. The Balaban J connectivity index is 1.75. The summed E-state index contributed by atoms with van der Waals surface area (Å²) < 4.78 is 0. The second-order valence-electron chi connectivity index (χ2n) is 4.94. The summed E-state index contributed by atoms with van der Waals surface area (Å²) in [4.78, 5) is 18.0. The molecule has 5 heteroatoms. The molecule has 2 aliphatic rings. The van der Waals surface area contributed by atoms with E-state index in [2.05, 4.69) is 23.7 Å².